The van der Waals surface area contributed by atoms with Crippen molar-refractivity contribution in [2.45, 2.75) is 19.8 Å². The maximum absolute atomic E-state index is 11.9. The zero-order valence-electron chi connectivity index (χ0n) is 11.3. The topological polar surface area (TPSA) is 87.2 Å². The van der Waals surface area contributed by atoms with E-state index in [-0.39, 0.29) is 5.82 Å². The molecular weight excluding hydrogens is 266 g/mol. The summed E-state index contributed by atoms with van der Waals surface area (Å²) in [7, 11) is -2.01. The first-order valence-corrected chi connectivity index (χ1v) is 7.72. The van der Waals surface area contributed by atoms with E-state index in [1.165, 1.54) is 10.5 Å². The predicted octanol–water partition coefficient (Wildman–Crippen LogP) is 0.455. The number of nitrogens with one attached hydrogen (secondary N) is 2. The van der Waals surface area contributed by atoms with Crippen molar-refractivity contribution in [2.24, 2.45) is 0 Å². The lowest BCUT2D eigenvalue weighted by Crippen LogP contribution is -2.34. The average molecular weight is 287 g/mol. The molecule has 1 heterocycles. The lowest BCUT2D eigenvalue weighted by molar-refractivity contribution is 0.458. The summed E-state index contributed by atoms with van der Waals surface area (Å²) >= 11 is 0. The third kappa shape index (κ3) is 5.95. The van der Waals surface area contributed by atoms with Gasteiger partial charge in [-0.15, -0.1) is 5.10 Å². The summed E-state index contributed by atoms with van der Waals surface area (Å²) < 4.78 is 27.5. The molecule has 0 bridgehead atoms. The van der Waals surface area contributed by atoms with Crippen molar-refractivity contribution >= 4 is 16.0 Å². The lowest BCUT2D eigenvalue weighted by atomic mass is 10.4. The molecular formula is C11H21N5O2S. The minimum atomic E-state index is -3.55. The van der Waals surface area contributed by atoms with E-state index in [2.05, 4.69) is 27.2 Å². The predicted molar refractivity (Wildman–Crippen MR) is 75.0 cm³/mol. The van der Waals surface area contributed by atoms with Crippen molar-refractivity contribution in [3.05, 3.63) is 18.3 Å². The van der Waals surface area contributed by atoms with Crippen LogP contribution in [0, 0.1) is 0 Å². The quantitative estimate of drug-likeness (QED) is 0.644. The third-order valence-electron chi connectivity index (χ3n) is 2.47. The van der Waals surface area contributed by atoms with Crippen LogP contribution in [0.15, 0.2) is 18.3 Å². The monoisotopic (exact) mass is 287 g/mol. The van der Waals surface area contributed by atoms with Gasteiger partial charge < -0.3 is 5.32 Å². The molecule has 0 aromatic carbocycles. The molecule has 0 amide bonds. The van der Waals surface area contributed by atoms with Crippen LogP contribution in [0.1, 0.15) is 19.8 Å². The van der Waals surface area contributed by atoms with Crippen molar-refractivity contribution in [1.82, 2.24) is 19.8 Å². The zero-order valence-corrected chi connectivity index (χ0v) is 12.2. The van der Waals surface area contributed by atoms with Gasteiger partial charge in [-0.05, 0) is 38.1 Å². The molecule has 0 fully saturated rings. The normalized spacial score (nSPS) is 11.7. The zero-order chi connectivity index (χ0) is 14.1. The average Bonchev–Trinajstić information content (AvgIpc) is 2.39. The van der Waals surface area contributed by atoms with Crippen LogP contribution in [0.5, 0.6) is 0 Å². The highest BCUT2D eigenvalue weighted by atomic mass is 32.2. The molecule has 0 saturated carbocycles. The smallest absolute Gasteiger partial charge is 0.302 e. The maximum atomic E-state index is 11.9. The largest absolute Gasteiger partial charge is 0.317 e. The van der Waals surface area contributed by atoms with Gasteiger partial charge in [0.25, 0.3) is 0 Å². The minimum absolute atomic E-state index is 0.221. The highest BCUT2D eigenvalue weighted by Crippen LogP contribution is 2.05. The van der Waals surface area contributed by atoms with Gasteiger partial charge in [0.15, 0.2) is 5.82 Å². The Balaban J connectivity index is 2.39. The highest BCUT2D eigenvalue weighted by Gasteiger charge is 2.17. The van der Waals surface area contributed by atoms with Crippen molar-refractivity contribution in [3.63, 3.8) is 0 Å². The number of aromatic nitrogens is 2. The molecule has 0 unspecified atom stereocenters. The number of rotatable bonds is 9. The van der Waals surface area contributed by atoms with Gasteiger partial charge >= 0.3 is 10.2 Å². The molecule has 1 aromatic rings. The first-order chi connectivity index (χ1) is 9.06. The van der Waals surface area contributed by atoms with Gasteiger partial charge in [-0.1, -0.05) is 6.92 Å². The van der Waals surface area contributed by atoms with Gasteiger partial charge in [-0.2, -0.15) is 17.8 Å². The van der Waals surface area contributed by atoms with Gasteiger partial charge in [-0.3, -0.25) is 4.72 Å². The van der Waals surface area contributed by atoms with Gasteiger partial charge in [-0.25, -0.2) is 0 Å². The molecule has 0 saturated heterocycles. The molecule has 2 N–H and O–H groups in total. The Labute approximate surface area is 114 Å². The first-order valence-electron chi connectivity index (χ1n) is 6.28. The van der Waals surface area contributed by atoms with Crippen LogP contribution in [0.3, 0.4) is 0 Å². The standard InChI is InChI=1S/C11H21N5O2S/c1-3-7-12-8-5-10-16(2)19(17,18)15-11-6-4-9-13-14-11/h4,6,9,12H,3,5,7-8,10H2,1-2H3,(H,14,15). The van der Waals surface area contributed by atoms with Crippen LogP contribution in [-0.2, 0) is 10.2 Å². The van der Waals surface area contributed by atoms with E-state index in [1.54, 1.807) is 19.2 Å². The second kappa shape index (κ2) is 8.03. The molecule has 0 atom stereocenters. The number of hydrogen-bond acceptors (Lipinski definition) is 5. The molecule has 0 aliphatic carbocycles. The summed E-state index contributed by atoms with van der Waals surface area (Å²) in [4.78, 5) is 0. The molecule has 1 rings (SSSR count). The highest BCUT2D eigenvalue weighted by molar-refractivity contribution is 7.90. The summed E-state index contributed by atoms with van der Waals surface area (Å²) in [6.45, 7) is 4.30. The van der Waals surface area contributed by atoms with E-state index in [4.69, 9.17) is 0 Å². The number of anilines is 1. The summed E-state index contributed by atoms with van der Waals surface area (Å²) in [5.74, 6) is 0.221. The van der Waals surface area contributed by atoms with Crippen LogP contribution < -0.4 is 10.0 Å². The summed E-state index contributed by atoms with van der Waals surface area (Å²) in [6.07, 6.45) is 3.32. The van der Waals surface area contributed by atoms with Crippen LogP contribution in [0.4, 0.5) is 5.82 Å². The second-order valence-electron chi connectivity index (χ2n) is 4.14. The van der Waals surface area contributed by atoms with E-state index in [0.717, 1.165) is 25.9 Å². The Hall–Kier alpha value is -1.25. The number of hydrogen-bond donors (Lipinski definition) is 2. The number of nitrogens with zero attached hydrogens (tertiary/aromatic N) is 3. The van der Waals surface area contributed by atoms with E-state index >= 15 is 0 Å². The molecule has 19 heavy (non-hydrogen) atoms. The van der Waals surface area contributed by atoms with Crippen molar-refractivity contribution in [3.8, 4) is 0 Å². The fraction of sp³-hybridized carbons (Fsp3) is 0.636. The Morgan fingerprint density at radius 1 is 1.37 bits per heavy atom. The van der Waals surface area contributed by atoms with Gasteiger partial charge in [0.05, 0.1) is 0 Å². The molecule has 0 aliphatic rings. The molecule has 108 valence electrons. The molecule has 0 aliphatic heterocycles. The van der Waals surface area contributed by atoms with E-state index in [0.29, 0.717) is 6.54 Å². The fourth-order valence-electron chi connectivity index (χ4n) is 1.41. The van der Waals surface area contributed by atoms with Crippen molar-refractivity contribution < 1.29 is 8.42 Å². The van der Waals surface area contributed by atoms with Crippen LogP contribution in [0.25, 0.3) is 0 Å². The Morgan fingerprint density at radius 2 is 2.16 bits per heavy atom. The fourth-order valence-corrected chi connectivity index (χ4v) is 2.31. The first kappa shape index (κ1) is 15.8. The summed E-state index contributed by atoms with van der Waals surface area (Å²) in [6, 6.07) is 3.18. The van der Waals surface area contributed by atoms with E-state index in [1.807, 2.05) is 0 Å². The Morgan fingerprint density at radius 3 is 2.79 bits per heavy atom. The van der Waals surface area contributed by atoms with Crippen LogP contribution >= 0.6 is 0 Å². The van der Waals surface area contributed by atoms with E-state index < -0.39 is 10.2 Å². The molecule has 1 aromatic heterocycles. The maximum Gasteiger partial charge on any atom is 0.302 e. The third-order valence-corrected chi connectivity index (χ3v) is 3.94. The second-order valence-corrected chi connectivity index (χ2v) is 5.92. The van der Waals surface area contributed by atoms with Crippen LogP contribution in [-0.4, -0.2) is 49.6 Å². The SMILES string of the molecule is CCCNCCCN(C)S(=O)(=O)Nc1cccnn1. The van der Waals surface area contributed by atoms with Crippen molar-refractivity contribution in [1.29, 1.82) is 0 Å². The Bertz CT molecular complexity index is 451. The molecule has 0 spiro atoms. The molecule has 8 heteroatoms. The van der Waals surface area contributed by atoms with Crippen molar-refractivity contribution in [2.75, 3.05) is 31.4 Å². The van der Waals surface area contributed by atoms with Gasteiger partial charge in [0.2, 0.25) is 0 Å². The van der Waals surface area contributed by atoms with E-state index in [9.17, 15) is 8.42 Å². The molecule has 7 nitrogen and oxygen atoms in total. The lowest BCUT2D eigenvalue weighted by Gasteiger charge is -2.17. The minimum Gasteiger partial charge on any atom is -0.317 e. The summed E-state index contributed by atoms with van der Waals surface area (Å²) in [5.41, 5.74) is 0. The summed E-state index contributed by atoms with van der Waals surface area (Å²) in [5, 5.41) is 10.5. The van der Waals surface area contributed by atoms with Gasteiger partial charge in [0.1, 0.15) is 0 Å². The van der Waals surface area contributed by atoms with Crippen LogP contribution in [0.2, 0.25) is 0 Å². The van der Waals surface area contributed by atoms with Gasteiger partial charge in [0, 0.05) is 19.8 Å². The molecule has 0 radical (unpaired) electrons. The Kier molecular flexibility index (Phi) is 6.68.